The van der Waals surface area contributed by atoms with Gasteiger partial charge in [-0.1, -0.05) is 19.9 Å². The van der Waals surface area contributed by atoms with E-state index in [-0.39, 0.29) is 5.92 Å². The summed E-state index contributed by atoms with van der Waals surface area (Å²) in [6.07, 6.45) is 2.82. The van der Waals surface area contributed by atoms with Gasteiger partial charge in [-0.25, -0.2) is 4.79 Å². The Labute approximate surface area is 79.4 Å². The molecule has 0 radical (unpaired) electrons. The Morgan fingerprint density at radius 3 is 2.62 bits per heavy atom. The van der Waals surface area contributed by atoms with E-state index in [1.54, 1.807) is 6.08 Å². The molecule has 13 heavy (non-hydrogen) atoms. The fourth-order valence-electron chi connectivity index (χ4n) is 0.987. The van der Waals surface area contributed by atoms with Crippen LogP contribution in [0, 0.1) is 5.92 Å². The van der Waals surface area contributed by atoms with Gasteiger partial charge in [-0.15, -0.1) is 6.58 Å². The first-order valence-electron chi connectivity index (χ1n) is 4.55. The summed E-state index contributed by atoms with van der Waals surface area (Å²) in [7, 11) is 0. The smallest absolute Gasteiger partial charge is 0.333 e. The van der Waals surface area contributed by atoms with Gasteiger partial charge in [0, 0.05) is 6.61 Å². The van der Waals surface area contributed by atoms with Gasteiger partial charge in [-0.3, -0.25) is 0 Å². The van der Waals surface area contributed by atoms with Gasteiger partial charge >= 0.3 is 5.97 Å². The third kappa shape index (κ3) is 5.42. The Morgan fingerprint density at radius 1 is 1.62 bits per heavy atom. The lowest BCUT2D eigenvalue weighted by Crippen LogP contribution is -2.29. The number of rotatable bonds is 7. The summed E-state index contributed by atoms with van der Waals surface area (Å²) >= 11 is 0. The molecule has 0 aromatic heterocycles. The average Bonchev–Trinajstić information content (AvgIpc) is 2.02. The second-order valence-electron chi connectivity index (χ2n) is 3.30. The van der Waals surface area contributed by atoms with Crippen LogP contribution in [0.5, 0.6) is 0 Å². The van der Waals surface area contributed by atoms with Crippen molar-refractivity contribution in [2.24, 2.45) is 5.92 Å². The zero-order chi connectivity index (χ0) is 10.3. The van der Waals surface area contributed by atoms with E-state index in [1.165, 1.54) is 0 Å². The summed E-state index contributed by atoms with van der Waals surface area (Å²) in [5.41, 5.74) is 0. The Hall–Kier alpha value is -0.830. The standard InChI is InChI=1S/C10H18O3/c1-4-5-6-7-13-9(8(2)3)10(11)12/h4,8-9H,1,5-7H2,2-3H3,(H,11,12). The normalized spacial score (nSPS) is 12.8. The van der Waals surface area contributed by atoms with E-state index < -0.39 is 12.1 Å². The summed E-state index contributed by atoms with van der Waals surface area (Å²) in [5, 5.41) is 8.76. The number of unbranched alkanes of at least 4 members (excludes halogenated alkanes) is 1. The highest BCUT2D eigenvalue weighted by Gasteiger charge is 2.21. The average molecular weight is 186 g/mol. The monoisotopic (exact) mass is 186 g/mol. The fraction of sp³-hybridized carbons (Fsp3) is 0.700. The Morgan fingerprint density at radius 2 is 2.23 bits per heavy atom. The van der Waals surface area contributed by atoms with Crippen molar-refractivity contribution in [1.29, 1.82) is 0 Å². The largest absolute Gasteiger partial charge is 0.479 e. The molecular formula is C10H18O3. The number of carboxylic acid groups (broad SMARTS) is 1. The van der Waals surface area contributed by atoms with Crippen LogP contribution >= 0.6 is 0 Å². The van der Waals surface area contributed by atoms with Crippen LogP contribution in [0.25, 0.3) is 0 Å². The quantitative estimate of drug-likeness (QED) is 0.489. The molecule has 3 heteroatoms. The molecule has 0 rings (SSSR count). The van der Waals surface area contributed by atoms with Gasteiger partial charge in [0.2, 0.25) is 0 Å². The third-order valence-corrected chi connectivity index (χ3v) is 1.70. The first-order chi connectivity index (χ1) is 6.09. The lowest BCUT2D eigenvalue weighted by molar-refractivity contribution is -0.153. The number of ether oxygens (including phenoxy) is 1. The van der Waals surface area contributed by atoms with Crippen LogP contribution in [0.2, 0.25) is 0 Å². The highest BCUT2D eigenvalue weighted by Crippen LogP contribution is 2.07. The molecule has 0 aliphatic carbocycles. The molecule has 76 valence electrons. The molecule has 3 nitrogen and oxygen atoms in total. The van der Waals surface area contributed by atoms with Crippen molar-refractivity contribution in [3.63, 3.8) is 0 Å². The van der Waals surface area contributed by atoms with Crippen LogP contribution in [0.3, 0.4) is 0 Å². The minimum atomic E-state index is -0.881. The summed E-state index contributed by atoms with van der Waals surface area (Å²) < 4.78 is 5.22. The second-order valence-corrected chi connectivity index (χ2v) is 3.30. The maximum absolute atomic E-state index is 10.7. The summed E-state index contributed by atoms with van der Waals surface area (Å²) in [4.78, 5) is 10.7. The van der Waals surface area contributed by atoms with Gasteiger partial charge in [-0.05, 0) is 18.8 Å². The van der Waals surface area contributed by atoms with E-state index in [0.717, 1.165) is 12.8 Å². The van der Waals surface area contributed by atoms with Gasteiger partial charge in [0.05, 0.1) is 0 Å². The van der Waals surface area contributed by atoms with E-state index >= 15 is 0 Å². The molecule has 0 amide bonds. The van der Waals surface area contributed by atoms with Crippen LogP contribution in [0.15, 0.2) is 12.7 Å². The summed E-state index contributed by atoms with van der Waals surface area (Å²) in [5.74, 6) is -0.866. The number of hydrogen-bond acceptors (Lipinski definition) is 2. The number of aliphatic carboxylic acids is 1. The van der Waals surface area contributed by atoms with Crippen molar-refractivity contribution in [1.82, 2.24) is 0 Å². The highest BCUT2D eigenvalue weighted by molar-refractivity contribution is 5.72. The van der Waals surface area contributed by atoms with Crippen LogP contribution in [0.4, 0.5) is 0 Å². The maximum Gasteiger partial charge on any atom is 0.333 e. The molecule has 0 aromatic rings. The SMILES string of the molecule is C=CCCCOC(C(=O)O)C(C)C. The molecule has 0 aliphatic heterocycles. The minimum absolute atomic E-state index is 0.0150. The van der Waals surface area contributed by atoms with E-state index in [1.807, 2.05) is 13.8 Å². The molecule has 1 unspecified atom stereocenters. The molecule has 0 aromatic carbocycles. The van der Waals surface area contributed by atoms with E-state index in [9.17, 15) is 4.79 Å². The molecular weight excluding hydrogens is 168 g/mol. The molecule has 0 heterocycles. The van der Waals surface area contributed by atoms with Crippen LogP contribution in [-0.4, -0.2) is 23.8 Å². The zero-order valence-electron chi connectivity index (χ0n) is 8.32. The van der Waals surface area contributed by atoms with E-state index in [2.05, 4.69) is 6.58 Å². The van der Waals surface area contributed by atoms with Crippen molar-refractivity contribution < 1.29 is 14.6 Å². The van der Waals surface area contributed by atoms with Gasteiger partial charge < -0.3 is 9.84 Å². The summed E-state index contributed by atoms with van der Waals surface area (Å²) in [6.45, 7) is 7.74. The van der Waals surface area contributed by atoms with Gasteiger partial charge in [0.25, 0.3) is 0 Å². The van der Waals surface area contributed by atoms with Crippen molar-refractivity contribution in [3.8, 4) is 0 Å². The molecule has 0 fully saturated rings. The number of allylic oxidation sites excluding steroid dienone is 1. The van der Waals surface area contributed by atoms with E-state index in [0.29, 0.717) is 6.61 Å². The molecule has 1 atom stereocenters. The fourth-order valence-corrected chi connectivity index (χ4v) is 0.987. The van der Waals surface area contributed by atoms with Crippen molar-refractivity contribution in [2.75, 3.05) is 6.61 Å². The van der Waals surface area contributed by atoms with Crippen LogP contribution < -0.4 is 0 Å². The Bertz CT molecular complexity index is 164. The number of hydrogen-bond donors (Lipinski definition) is 1. The lowest BCUT2D eigenvalue weighted by Gasteiger charge is -2.16. The maximum atomic E-state index is 10.7. The van der Waals surface area contributed by atoms with Gasteiger partial charge in [0.1, 0.15) is 0 Å². The molecule has 0 bridgehead atoms. The number of carboxylic acids is 1. The minimum Gasteiger partial charge on any atom is -0.479 e. The molecule has 0 aliphatic rings. The van der Waals surface area contributed by atoms with Crippen molar-refractivity contribution in [3.05, 3.63) is 12.7 Å². The Kier molecular flexibility index (Phi) is 6.24. The predicted molar refractivity (Wildman–Crippen MR) is 51.6 cm³/mol. The molecule has 0 saturated carbocycles. The second kappa shape index (κ2) is 6.66. The lowest BCUT2D eigenvalue weighted by atomic mass is 10.1. The first-order valence-corrected chi connectivity index (χ1v) is 4.55. The topological polar surface area (TPSA) is 46.5 Å². The van der Waals surface area contributed by atoms with Crippen LogP contribution in [-0.2, 0) is 9.53 Å². The third-order valence-electron chi connectivity index (χ3n) is 1.70. The molecule has 1 N–H and O–H groups in total. The highest BCUT2D eigenvalue weighted by atomic mass is 16.5. The van der Waals surface area contributed by atoms with Crippen molar-refractivity contribution in [2.45, 2.75) is 32.8 Å². The van der Waals surface area contributed by atoms with E-state index in [4.69, 9.17) is 9.84 Å². The zero-order valence-corrected chi connectivity index (χ0v) is 8.32. The predicted octanol–water partition coefficient (Wildman–Crippen LogP) is 2.08. The summed E-state index contributed by atoms with van der Waals surface area (Å²) in [6, 6.07) is 0. The van der Waals surface area contributed by atoms with Gasteiger partial charge in [0.15, 0.2) is 6.10 Å². The molecule has 0 saturated heterocycles. The van der Waals surface area contributed by atoms with Crippen molar-refractivity contribution >= 4 is 5.97 Å². The Balaban J connectivity index is 3.70. The van der Waals surface area contributed by atoms with Crippen LogP contribution in [0.1, 0.15) is 26.7 Å². The first kappa shape index (κ1) is 12.2. The van der Waals surface area contributed by atoms with Gasteiger partial charge in [-0.2, -0.15) is 0 Å². The molecule has 0 spiro atoms. The number of carbonyl (C=O) groups is 1.